The fourth-order valence-corrected chi connectivity index (χ4v) is 3.71. The van der Waals surface area contributed by atoms with Gasteiger partial charge in [-0.05, 0) is 18.4 Å². The normalized spacial score (nSPS) is 17.6. The van der Waals surface area contributed by atoms with Crippen molar-refractivity contribution < 1.29 is 9.53 Å². The highest BCUT2D eigenvalue weighted by atomic mass is 16.5. The number of carbonyl (C=O) groups is 1. The molecule has 1 aromatic carbocycles. The number of aryl methyl sites for hydroxylation is 1. The van der Waals surface area contributed by atoms with Crippen molar-refractivity contribution in [2.24, 2.45) is 0 Å². The maximum Gasteiger partial charge on any atom is 0.273 e. The zero-order chi connectivity index (χ0) is 17.0. The lowest BCUT2D eigenvalue weighted by Crippen LogP contribution is -2.61. The van der Waals surface area contributed by atoms with Crippen LogP contribution in [0.1, 0.15) is 27.6 Å². The number of benzene rings is 1. The van der Waals surface area contributed by atoms with Crippen molar-refractivity contribution in [1.29, 1.82) is 0 Å². The molecule has 5 rings (SSSR count). The zero-order valence-electron chi connectivity index (χ0n) is 13.8. The molecule has 0 radical (unpaired) electrons. The highest BCUT2D eigenvalue weighted by molar-refractivity contribution is 6.05. The average Bonchev–Trinajstić information content (AvgIpc) is 2.98. The Balaban J connectivity index is 1.44. The van der Waals surface area contributed by atoms with Crippen LogP contribution < -0.4 is 0 Å². The summed E-state index contributed by atoms with van der Waals surface area (Å²) in [6.45, 7) is 3.37. The molecule has 0 unspecified atom stereocenters. The Kier molecular flexibility index (Phi) is 2.93. The van der Waals surface area contributed by atoms with Gasteiger partial charge < -0.3 is 9.64 Å². The molecule has 0 saturated carbocycles. The average molecular weight is 332 g/mol. The fraction of sp³-hybridized carbons (Fsp3) is 0.263. The predicted molar refractivity (Wildman–Crippen MR) is 90.9 cm³/mol. The monoisotopic (exact) mass is 332 g/mol. The largest absolute Gasteiger partial charge is 0.360 e. The summed E-state index contributed by atoms with van der Waals surface area (Å²) >= 11 is 0. The molecule has 6 heteroatoms. The van der Waals surface area contributed by atoms with E-state index < -0.39 is 5.60 Å². The van der Waals surface area contributed by atoms with E-state index in [1.54, 1.807) is 11.1 Å². The molecule has 25 heavy (non-hydrogen) atoms. The van der Waals surface area contributed by atoms with Gasteiger partial charge in [0.15, 0.2) is 0 Å². The molecule has 2 aliphatic rings. The SMILES string of the molecule is Cc1ncc2c(n1)COC21CN(C(=O)c2nccc3ccccc23)C1. The van der Waals surface area contributed by atoms with Crippen molar-refractivity contribution in [2.45, 2.75) is 19.1 Å². The van der Waals surface area contributed by atoms with Gasteiger partial charge in [0, 0.05) is 23.3 Å². The Morgan fingerprint density at radius 1 is 1.20 bits per heavy atom. The quantitative estimate of drug-likeness (QED) is 0.683. The number of ether oxygens (including phenoxy) is 1. The summed E-state index contributed by atoms with van der Waals surface area (Å²) in [4.78, 5) is 27.8. The van der Waals surface area contributed by atoms with Crippen molar-refractivity contribution in [2.75, 3.05) is 13.1 Å². The standard InChI is InChI=1S/C19H16N4O2/c1-12-21-8-15-16(22-12)9-25-19(15)10-23(11-19)18(24)17-14-5-3-2-4-13(14)6-7-20-17/h2-8H,9-11H2,1H3. The minimum Gasteiger partial charge on any atom is -0.360 e. The van der Waals surface area contributed by atoms with E-state index >= 15 is 0 Å². The van der Waals surface area contributed by atoms with E-state index in [9.17, 15) is 4.79 Å². The smallest absolute Gasteiger partial charge is 0.273 e. The minimum absolute atomic E-state index is 0.0625. The van der Waals surface area contributed by atoms with Crippen LogP contribution >= 0.6 is 0 Å². The van der Waals surface area contributed by atoms with E-state index in [-0.39, 0.29) is 5.91 Å². The van der Waals surface area contributed by atoms with Gasteiger partial charge in [0.25, 0.3) is 5.91 Å². The first-order valence-electron chi connectivity index (χ1n) is 8.26. The molecule has 3 aromatic rings. The molecule has 0 N–H and O–H groups in total. The van der Waals surface area contributed by atoms with E-state index in [4.69, 9.17) is 4.74 Å². The molecular weight excluding hydrogens is 316 g/mol. The second-order valence-electron chi connectivity index (χ2n) is 6.60. The summed E-state index contributed by atoms with van der Waals surface area (Å²) in [5.41, 5.74) is 1.98. The lowest BCUT2D eigenvalue weighted by atomic mass is 9.87. The van der Waals surface area contributed by atoms with E-state index in [2.05, 4.69) is 15.0 Å². The number of fused-ring (bicyclic) bond motifs is 3. The number of nitrogens with zero attached hydrogens (tertiary/aromatic N) is 4. The van der Waals surface area contributed by atoms with Crippen LogP contribution in [0.2, 0.25) is 0 Å². The fourth-order valence-electron chi connectivity index (χ4n) is 3.71. The Hall–Kier alpha value is -2.86. The Labute approximate surface area is 144 Å². The third-order valence-corrected chi connectivity index (χ3v) is 5.02. The maximum atomic E-state index is 12.9. The predicted octanol–water partition coefficient (Wildman–Crippen LogP) is 2.21. The van der Waals surface area contributed by atoms with Gasteiger partial charge in [0.2, 0.25) is 0 Å². The molecule has 4 heterocycles. The van der Waals surface area contributed by atoms with Crippen molar-refractivity contribution in [3.63, 3.8) is 0 Å². The van der Waals surface area contributed by atoms with E-state index in [0.717, 1.165) is 27.9 Å². The number of likely N-dealkylation sites (tertiary alicyclic amines) is 1. The number of hydrogen-bond donors (Lipinski definition) is 0. The molecule has 1 amide bonds. The molecule has 1 fully saturated rings. The highest BCUT2D eigenvalue weighted by Crippen LogP contribution is 2.43. The number of aromatic nitrogens is 3. The van der Waals surface area contributed by atoms with Gasteiger partial charge in [-0.15, -0.1) is 0 Å². The lowest BCUT2D eigenvalue weighted by molar-refractivity contribution is -0.126. The van der Waals surface area contributed by atoms with E-state index in [1.807, 2.05) is 43.5 Å². The minimum atomic E-state index is -0.455. The van der Waals surface area contributed by atoms with Crippen molar-refractivity contribution in [3.05, 3.63) is 65.5 Å². The van der Waals surface area contributed by atoms with Crippen LogP contribution in [0.4, 0.5) is 0 Å². The molecule has 6 nitrogen and oxygen atoms in total. The molecule has 1 spiro atoms. The van der Waals surface area contributed by atoms with Gasteiger partial charge in [-0.2, -0.15) is 0 Å². The summed E-state index contributed by atoms with van der Waals surface area (Å²) in [7, 11) is 0. The number of carbonyl (C=O) groups excluding carboxylic acids is 1. The first-order chi connectivity index (χ1) is 12.2. The number of rotatable bonds is 1. The molecule has 1 saturated heterocycles. The summed E-state index contributed by atoms with van der Waals surface area (Å²) in [6, 6.07) is 9.72. The summed E-state index contributed by atoms with van der Waals surface area (Å²) in [5, 5.41) is 1.89. The Morgan fingerprint density at radius 3 is 2.92 bits per heavy atom. The third kappa shape index (κ3) is 2.07. The van der Waals surface area contributed by atoms with Gasteiger partial charge >= 0.3 is 0 Å². The van der Waals surface area contributed by atoms with Gasteiger partial charge in [-0.25, -0.2) is 9.97 Å². The van der Waals surface area contributed by atoms with Crippen LogP contribution in [0.25, 0.3) is 10.8 Å². The van der Waals surface area contributed by atoms with Crippen molar-refractivity contribution >= 4 is 16.7 Å². The van der Waals surface area contributed by atoms with Crippen molar-refractivity contribution in [1.82, 2.24) is 19.9 Å². The van der Waals surface area contributed by atoms with Crippen LogP contribution in [0, 0.1) is 6.92 Å². The summed E-state index contributed by atoms with van der Waals surface area (Å²) in [5.74, 6) is 0.680. The van der Waals surface area contributed by atoms with Gasteiger partial charge in [-0.1, -0.05) is 24.3 Å². The Morgan fingerprint density at radius 2 is 2.04 bits per heavy atom. The van der Waals surface area contributed by atoms with E-state index in [0.29, 0.717) is 25.4 Å². The number of hydrogen-bond acceptors (Lipinski definition) is 5. The van der Waals surface area contributed by atoms with Gasteiger partial charge in [0.05, 0.1) is 25.4 Å². The lowest BCUT2D eigenvalue weighted by Gasteiger charge is -2.47. The first kappa shape index (κ1) is 14.5. The molecule has 0 bridgehead atoms. The topological polar surface area (TPSA) is 68.2 Å². The maximum absolute atomic E-state index is 12.9. The number of amides is 1. The number of pyridine rings is 1. The molecule has 0 atom stereocenters. The second-order valence-corrected chi connectivity index (χ2v) is 6.60. The third-order valence-electron chi connectivity index (χ3n) is 5.02. The van der Waals surface area contributed by atoms with E-state index in [1.165, 1.54) is 0 Å². The van der Waals surface area contributed by atoms with Crippen LogP contribution in [-0.2, 0) is 16.9 Å². The van der Waals surface area contributed by atoms with Crippen LogP contribution in [-0.4, -0.2) is 38.8 Å². The molecule has 2 aromatic heterocycles. The molecule has 124 valence electrons. The molecular formula is C19H16N4O2. The zero-order valence-corrected chi connectivity index (χ0v) is 13.8. The summed E-state index contributed by atoms with van der Waals surface area (Å²) < 4.78 is 5.99. The Bertz CT molecular complexity index is 1010. The van der Waals surface area contributed by atoms with Crippen LogP contribution in [0.3, 0.4) is 0 Å². The second kappa shape index (κ2) is 5.07. The first-order valence-corrected chi connectivity index (χ1v) is 8.26. The van der Waals surface area contributed by atoms with Crippen LogP contribution in [0.15, 0.2) is 42.7 Å². The van der Waals surface area contributed by atoms with Gasteiger partial charge in [0.1, 0.15) is 17.1 Å². The highest BCUT2D eigenvalue weighted by Gasteiger charge is 2.52. The molecule has 2 aliphatic heterocycles. The summed E-state index contributed by atoms with van der Waals surface area (Å²) in [6.07, 6.45) is 3.52. The van der Waals surface area contributed by atoms with Gasteiger partial charge in [-0.3, -0.25) is 9.78 Å². The van der Waals surface area contributed by atoms with Crippen molar-refractivity contribution in [3.8, 4) is 0 Å². The van der Waals surface area contributed by atoms with Crippen LogP contribution in [0.5, 0.6) is 0 Å². The molecule has 0 aliphatic carbocycles.